The number of nitrogens with zero attached hydrogens (tertiary/aromatic N) is 1. The molecular formula is C6H14N2O2. The highest BCUT2D eigenvalue weighted by Crippen LogP contribution is 1.86. The Balaban J connectivity index is 3.71. The third-order valence-electron chi connectivity index (χ3n) is 1.20. The zero-order chi connectivity index (χ0) is 8.15. The van der Waals surface area contributed by atoms with Crippen molar-refractivity contribution in [1.29, 1.82) is 0 Å². The van der Waals surface area contributed by atoms with Crippen LogP contribution < -0.4 is 5.73 Å². The summed E-state index contributed by atoms with van der Waals surface area (Å²) in [5.41, 5.74) is 5.29. The molecule has 0 bridgehead atoms. The van der Waals surface area contributed by atoms with Crippen LogP contribution in [-0.4, -0.2) is 42.2 Å². The lowest BCUT2D eigenvalue weighted by Crippen LogP contribution is -2.40. The number of carbonyl (C=O) groups is 1. The Labute approximate surface area is 60.6 Å². The molecule has 0 spiro atoms. The van der Waals surface area contributed by atoms with Gasteiger partial charge in [-0.05, 0) is 6.92 Å². The second kappa shape index (κ2) is 4.24. The van der Waals surface area contributed by atoms with E-state index in [-0.39, 0.29) is 12.5 Å². The van der Waals surface area contributed by atoms with Gasteiger partial charge in [0.05, 0.1) is 12.6 Å². The molecule has 0 aliphatic rings. The fourth-order valence-corrected chi connectivity index (χ4v) is 0.608. The minimum Gasteiger partial charge on any atom is -0.395 e. The molecule has 0 radical (unpaired) electrons. The smallest absolute Gasteiger partial charge is 0.239 e. The number of aliphatic hydroxyl groups excluding tert-OH is 1. The van der Waals surface area contributed by atoms with Crippen LogP contribution in [0.25, 0.3) is 0 Å². The summed E-state index contributed by atoms with van der Waals surface area (Å²) in [6.07, 6.45) is 0. The third-order valence-corrected chi connectivity index (χ3v) is 1.20. The van der Waals surface area contributed by atoms with Gasteiger partial charge >= 0.3 is 0 Å². The van der Waals surface area contributed by atoms with Crippen LogP contribution in [-0.2, 0) is 4.79 Å². The molecular weight excluding hydrogens is 132 g/mol. The minimum absolute atomic E-state index is 0.0189. The Hall–Kier alpha value is -0.610. The van der Waals surface area contributed by atoms with Gasteiger partial charge in [0, 0.05) is 13.6 Å². The van der Waals surface area contributed by atoms with E-state index in [1.807, 2.05) is 0 Å². The van der Waals surface area contributed by atoms with Crippen molar-refractivity contribution in [3.8, 4) is 0 Å². The number of nitrogens with two attached hydrogens (primary N) is 1. The summed E-state index contributed by atoms with van der Waals surface area (Å²) >= 11 is 0. The molecule has 1 unspecified atom stereocenters. The van der Waals surface area contributed by atoms with Crippen molar-refractivity contribution in [2.45, 2.75) is 13.0 Å². The molecule has 4 nitrogen and oxygen atoms in total. The molecule has 3 N–H and O–H groups in total. The maximum atomic E-state index is 10.9. The lowest BCUT2D eigenvalue weighted by atomic mass is 10.3. The minimum atomic E-state index is -0.475. The summed E-state index contributed by atoms with van der Waals surface area (Å²) in [5, 5.41) is 8.43. The normalized spacial score (nSPS) is 12.8. The number of hydrogen-bond acceptors (Lipinski definition) is 3. The Morgan fingerprint density at radius 2 is 2.30 bits per heavy atom. The first-order valence-electron chi connectivity index (χ1n) is 3.21. The molecule has 4 heteroatoms. The molecule has 60 valence electrons. The standard InChI is InChI=1S/C6H14N2O2/c1-5(7)6(10)8(2)3-4-9/h5,9H,3-4,7H2,1-2H3. The van der Waals surface area contributed by atoms with E-state index in [0.29, 0.717) is 6.54 Å². The van der Waals surface area contributed by atoms with Gasteiger partial charge in [-0.25, -0.2) is 0 Å². The molecule has 0 aliphatic carbocycles. The number of aliphatic hydroxyl groups is 1. The Morgan fingerprint density at radius 3 is 2.60 bits per heavy atom. The highest BCUT2D eigenvalue weighted by atomic mass is 16.3. The van der Waals surface area contributed by atoms with Crippen LogP contribution in [0.15, 0.2) is 0 Å². The average molecular weight is 146 g/mol. The first-order chi connectivity index (χ1) is 4.59. The number of carbonyl (C=O) groups excluding carboxylic acids is 1. The SMILES string of the molecule is CC(N)C(=O)N(C)CCO. The molecule has 0 saturated heterocycles. The Morgan fingerprint density at radius 1 is 1.80 bits per heavy atom. The van der Waals surface area contributed by atoms with Crippen molar-refractivity contribution >= 4 is 5.91 Å². The zero-order valence-electron chi connectivity index (χ0n) is 6.37. The Kier molecular flexibility index (Phi) is 3.99. The molecule has 0 heterocycles. The molecule has 10 heavy (non-hydrogen) atoms. The van der Waals surface area contributed by atoms with E-state index < -0.39 is 6.04 Å². The molecule has 0 aliphatic heterocycles. The van der Waals surface area contributed by atoms with E-state index in [1.165, 1.54) is 4.90 Å². The summed E-state index contributed by atoms with van der Waals surface area (Å²) in [7, 11) is 1.61. The van der Waals surface area contributed by atoms with Gasteiger partial charge in [0.1, 0.15) is 0 Å². The second-order valence-corrected chi connectivity index (χ2v) is 2.27. The summed E-state index contributed by atoms with van der Waals surface area (Å²) in [6, 6.07) is -0.475. The Bertz CT molecular complexity index is 114. The maximum Gasteiger partial charge on any atom is 0.239 e. The maximum absolute atomic E-state index is 10.9. The van der Waals surface area contributed by atoms with Gasteiger partial charge in [-0.2, -0.15) is 0 Å². The van der Waals surface area contributed by atoms with E-state index in [4.69, 9.17) is 10.8 Å². The lowest BCUT2D eigenvalue weighted by Gasteiger charge is -2.17. The highest BCUT2D eigenvalue weighted by Gasteiger charge is 2.11. The highest BCUT2D eigenvalue weighted by molar-refractivity contribution is 5.80. The molecule has 1 amide bonds. The van der Waals surface area contributed by atoms with Gasteiger partial charge in [0.15, 0.2) is 0 Å². The van der Waals surface area contributed by atoms with E-state index in [1.54, 1.807) is 14.0 Å². The summed E-state index contributed by atoms with van der Waals surface area (Å²) < 4.78 is 0. The van der Waals surface area contributed by atoms with Gasteiger partial charge in [-0.1, -0.05) is 0 Å². The van der Waals surface area contributed by atoms with E-state index in [2.05, 4.69) is 0 Å². The summed E-state index contributed by atoms with van der Waals surface area (Å²) in [4.78, 5) is 12.3. The van der Waals surface area contributed by atoms with Gasteiger partial charge in [0.2, 0.25) is 5.91 Å². The molecule has 0 rings (SSSR count). The van der Waals surface area contributed by atoms with Crippen LogP contribution in [0.1, 0.15) is 6.92 Å². The lowest BCUT2D eigenvalue weighted by molar-refractivity contribution is -0.131. The molecule has 0 aromatic heterocycles. The van der Waals surface area contributed by atoms with Crippen molar-refractivity contribution in [3.05, 3.63) is 0 Å². The number of rotatable bonds is 3. The van der Waals surface area contributed by atoms with Crippen LogP contribution in [0, 0.1) is 0 Å². The van der Waals surface area contributed by atoms with E-state index >= 15 is 0 Å². The summed E-state index contributed by atoms with van der Waals surface area (Å²) in [5.74, 6) is -0.144. The zero-order valence-corrected chi connectivity index (χ0v) is 6.37. The van der Waals surface area contributed by atoms with Crippen molar-refractivity contribution in [2.75, 3.05) is 20.2 Å². The van der Waals surface area contributed by atoms with Crippen molar-refractivity contribution in [2.24, 2.45) is 5.73 Å². The quantitative estimate of drug-likeness (QED) is 0.524. The predicted molar refractivity (Wildman–Crippen MR) is 38.4 cm³/mol. The van der Waals surface area contributed by atoms with Crippen LogP contribution in [0.5, 0.6) is 0 Å². The molecule has 1 atom stereocenters. The number of hydrogen-bond donors (Lipinski definition) is 2. The first kappa shape index (κ1) is 9.39. The largest absolute Gasteiger partial charge is 0.395 e. The fraction of sp³-hybridized carbons (Fsp3) is 0.833. The molecule has 0 saturated carbocycles. The first-order valence-corrected chi connectivity index (χ1v) is 3.21. The monoisotopic (exact) mass is 146 g/mol. The van der Waals surface area contributed by atoms with Gasteiger partial charge < -0.3 is 15.7 Å². The van der Waals surface area contributed by atoms with Crippen molar-refractivity contribution in [1.82, 2.24) is 4.90 Å². The number of likely N-dealkylation sites (N-methyl/N-ethyl adjacent to an activating group) is 1. The number of amides is 1. The van der Waals surface area contributed by atoms with E-state index in [9.17, 15) is 4.79 Å². The van der Waals surface area contributed by atoms with Crippen molar-refractivity contribution in [3.63, 3.8) is 0 Å². The van der Waals surface area contributed by atoms with E-state index in [0.717, 1.165) is 0 Å². The van der Waals surface area contributed by atoms with Crippen LogP contribution in [0.4, 0.5) is 0 Å². The predicted octanol–water partition coefficient (Wildman–Crippen LogP) is -1.22. The van der Waals surface area contributed by atoms with Crippen LogP contribution in [0.3, 0.4) is 0 Å². The van der Waals surface area contributed by atoms with Crippen molar-refractivity contribution < 1.29 is 9.90 Å². The third kappa shape index (κ3) is 2.80. The molecule has 0 aromatic carbocycles. The molecule has 0 aromatic rings. The second-order valence-electron chi connectivity index (χ2n) is 2.27. The van der Waals surface area contributed by atoms with Gasteiger partial charge in [0.25, 0.3) is 0 Å². The summed E-state index contributed by atoms with van der Waals surface area (Å²) in [6.45, 7) is 1.95. The average Bonchev–Trinajstić information content (AvgIpc) is 1.87. The fourth-order valence-electron chi connectivity index (χ4n) is 0.608. The van der Waals surface area contributed by atoms with Gasteiger partial charge in [-0.3, -0.25) is 4.79 Å². The molecule has 0 fully saturated rings. The van der Waals surface area contributed by atoms with Gasteiger partial charge in [-0.15, -0.1) is 0 Å². The van der Waals surface area contributed by atoms with Crippen LogP contribution in [0.2, 0.25) is 0 Å². The topological polar surface area (TPSA) is 66.6 Å². The van der Waals surface area contributed by atoms with Crippen LogP contribution >= 0.6 is 0 Å².